The minimum absolute atomic E-state index is 0.502. The van der Waals surface area contributed by atoms with Crippen molar-refractivity contribution in [2.45, 2.75) is 33.3 Å². The first-order valence-electron chi connectivity index (χ1n) is 4.94. The van der Waals surface area contributed by atoms with Gasteiger partial charge in [-0.2, -0.15) is 5.10 Å². The van der Waals surface area contributed by atoms with Crippen molar-refractivity contribution in [2.75, 3.05) is 0 Å². The zero-order chi connectivity index (χ0) is 12.2. The number of carbonyl (C=O) groups excluding carboxylic acids is 1. The summed E-state index contributed by atoms with van der Waals surface area (Å²) < 4.78 is 5.03. The molecule has 0 bridgehead atoms. The van der Waals surface area contributed by atoms with E-state index in [1.165, 1.54) is 0 Å². The van der Waals surface area contributed by atoms with Crippen LogP contribution in [0.15, 0.2) is 16.5 Å². The van der Waals surface area contributed by atoms with Crippen LogP contribution in [0.2, 0.25) is 0 Å². The zero-order valence-corrected chi connectivity index (χ0v) is 10.7. The number of nitrogens with one attached hydrogen (secondary N) is 1. The number of hydrogen-bond donors (Lipinski definition) is 1. The predicted octanol–water partition coefficient (Wildman–Crippen LogP) is 2.92. The second-order valence-electron chi connectivity index (χ2n) is 4.34. The number of rotatable bonds is 2. The van der Waals surface area contributed by atoms with Crippen LogP contribution in [0.5, 0.6) is 0 Å². The van der Waals surface area contributed by atoms with Gasteiger partial charge in [0, 0.05) is 4.88 Å². The van der Waals surface area contributed by atoms with Gasteiger partial charge in [-0.1, -0.05) is 0 Å². The summed E-state index contributed by atoms with van der Waals surface area (Å²) in [6.45, 7) is 7.41. The van der Waals surface area contributed by atoms with Crippen LogP contribution in [0.25, 0.3) is 0 Å². The van der Waals surface area contributed by atoms with E-state index < -0.39 is 11.7 Å². The van der Waals surface area contributed by atoms with Crippen molar-refractivity contribution in [1.29, 1.82) is 0 Å². The molecule has 0 spiro atoms. The molecule has 88 valence electrons. The standard InChI is InChI=1S/C11H16N2O2S/c1-8-5-6-16-9(8)7-12-13-10(14)15-11(2,3)4/h5-7H,1-4H3,(H,13,14)/b12-7+. The van der Waals surface area contributed by atoms with Crippen molar-refractivity contribution in [3.63, 3.8) is 0 Å². The lowest BCUT2D eigenvalue weighted by atomic mass is 10.2. The monoisotopic (exact) mass is 240 g/mol. The maximum absolute atomic E-state index is 11.2. The fourth-order valence-electron chi connectivity index (χ4n) is 0.961. The van der Waals surface area contributed by atoms with Crippen LogP contribution in [-0.4, -0.2) is 17.9 Å². The molecule has 0 saturated carbocycles. The maximum Gasteiger partial charge on any atom is 0.428 e. The van der Waals surface area contributed by atoms with Gasteiger partial charge in [-0.05, 0) is 44.7 Å². The van der Waals surface area contributed by atoms with E-state index in [9.17, 15) is 4.79 Å². The van der Waals surface area contributed by atoms with Gasteiger partial charge in [0.2, 0.25) is 0 Å². The third kappa shape index (κ3) is 4.44. The number of carbonyl (C=O) groups is 1. The Morgan fingerprint density at radius 1 is 1.56 bits per heavy atom. The molecule has 1 N–H and O–H groups in total. The van der Waals surface area contributed by atoms with Gasteiger partial charge in [0.1, 0.15) is 5.60 Å². The summed E-state index contributed by atoms with van der Waals surface area (Å²) in [5.74, 6) is 0. The van der Waals surface area contributed by atoms with E-state index in [4.69, 9.17) is 4.74 Å². The molecule has 1 heterocycles. The van der Waals surface area contributed by atoms with Crippen molar-refractivity contribution < 1.29 is 9.53 Å². The van der Waals surface area contributed by atoms with Crippen LogP contribution in [0.4, 0.5) is 4.79 Å². The van der Waals surface area contributed by atoms with E-state index in [2.05, 4.69) is 10.5 Å². The Kier molecular flexibility index (Phi) is 4.06. The molecule has 4 nitrogen and oxygen atoms in total. The second-order valence-corrected chi connectivity index (χ2v) is 5.29. The minimum atomic E-state index is -0.544. The lowest BCUT2D eigenvalue weighted by molar-refractivity contribution is 0.0529. The number of hydrogen-bond acceptors (Lipinski definition) is 4. The fraction of sp³-hybridized carbons (Fsp3) is 0.455. The fourth-order valence-corrected chi connectivity index (χ4v) is 1.75. The average molecular weight is 240 g/mol. The largest absolute Gasteiger partial charge is 0.443 e. The maximum atomic E-state index is 11.2. The van der Waals surface area contributed by atoms with Gasteiger partial charge in [0.05, 0.1) is 6.21 Å². The van der Waals surface area contributed by atoms with E-state index in [0.717, 1.165) is 10.4 Å². The normalized spacial score (nSPS) is 11.8. The van der Waals surface area contributed by atoms with Gasteiger partial charge < -0.3 is 4.74 Å². The van der Waals surface area contributed by atoms with E-state index in [1.807, 2.05) is 18.4 Å². The Labute approximate surface area is 99.3 Å². The summed E-state index contributed by atoms with van der Waals surface area (Å²) in [6.07, 6.45) is 1.07. The Hall–Kier alpha value is -1.36. The minimum Gasteiger partial charge on any atom is -0.443 e. The molecule has 1 aromatic rings. The summed E-state index contributed by atoms with van der Waals surface area (Å²) in [6, 6.07) is 2.00. The highest BCUT2D eigenvalue weighted by Crippen LogP contribution is 2.12. The number of nitrogens with zero attached hydrogens (tertiary/aromatic N) is 1. The van der Waals surface area contributed by atoms with Crippen molar-refractivity contribution >= 4 is 23.6 Å². The first-order valence-corrected chi connectivity index (χ1v) is 5.82. The molecule has 0 aromatic carbocycles. The lowest BCUT2D eigenvalue weighted by Gasteiger charge is -2.18. The first kappa shape index (κ1) is 12.7. The van der Waals surface area contributed by atoms with Crippen LogP contribution in [0.3, 0.4) is 0 Å². The smallest absolute Gasteiger partial charge is 0.428 e. The summed E-state index contributed by atoms with van der Waals surface area (Å²) in [5, 5.41) is 5.80. The molecule has 0 aliphatic rings. The number of ether oxygens (including phenoxy) is 1. The summed E-state index contributed by atoms with van der Waals surface area (Å²) in [7, 11) is 0. The van der Waals surface area contributed by atoms with Gasteiger partial charge in [-0.3, -0.25) is 0 Å². The number of hydrazone groups is 1. The quantitative estimate of drug-likeness (QED) is 0.638. The zero-order valence-electron chi connectivity index (χ0n) is 9.90. The molecule has 1 amide bonds. The molecule has 0 aliphatic carbocycles. The first-order chi connectivity index (χ1) is 7.38. The molecule has 0 aliphatic heterocycles. The molecule has 0 saturated heterocycles. The highest BCUT2D eigenvalue weighted by atomic mass is 32.1. The second kappa shape index (κ2) is 5.12. The van der Waals surface area contributed by atoms with E-state index in [0.29, 0.717) is 0 Å². The van der Waals surface area contributed by atoms with Crippen LogP contribution in [0, 0.1) is 6.92 Å². The predicted molar refractivity (Wildman–Crippen MR) is 66.0 cm³/mol. The molecule has 0 atom stereocenters. The van der Waals surface area contributed by atoms with Crippen LogP contribution >= 0.6 is 11.3 Å². The highest BCUT2D eigenvalue weighted by molar-refractivity contribution is 7.11. The topological polar surface area (TPSA) is 50.7 Å². The van der Waals surface area contributed by atoms with Gasteiger partial charge in [0.25, 0.3) is 0 Å². The van der Waals surface area contributed by atoms with Crippen LogP contribution in [0.1, 0.15) is 31.2 Å². The van der Waals surface area contributed by atoms with E-state index >= 15 is 0 Å². The molecule has 0 radical (unpaired) electrons. The van der Waals surface area contributed by atoms with Crippen molar-refractivity contribution in [2.24, 2.45) is 5.10 Å². The van der Waals surface area contributed by atoms with Gasteiger partial charge in [-0.15, -0.1) is 11.3 Å². The number of amides is 1. The highest BCUT2D eigenvalue weighted by Gasteiger charge is 2.15. The third-order valence-corrected chi connectivity index (χ3v) is 2.59. The van der Waals surface area contributed by atoms with Gasteiger partial charge >= 0.3 is 6.09 Å². The molecule has 1 aromatic heterocycles. The lowest BCUT2D eigenvalue weighted by Crippen LogP contribution is -2.29. The molecular weight excluding hydrogens is 224 g/mol. The summed E-state index contributed by atoms with van der Waals surface area (Å²) in [5.41, 5.74) is 2.96. The summed E-state index contributed by atoms with van der Waals surface area (Å²) in [4.78, 5) is 12.3. The van der Waals surface area contributed by atoms with E-state index in [-0.39, 0.29) is 0 Å². The molecule has 0 unspecified atom stereocenters. The molecular formula is C11H16N2O2S. The Bertz CT molecular complexity index is 391. The number of aryl methyl sites for hydroxylation is 1. The third-order valence-electron chi connectivity index (χ3n) is 1.64. The van der Waals surface area contributed by atoms with Crippen LogP contribution in [-0.2, 0) is 4.74 Å². The molecule has 5 heteroatoms. The van der Waals surface area contributed by atoms with Gasteiger partial charge in [0.15, 0.2) is 0 Å². The van der Waals surface area contributed by atoms with Crippen molar-refractivity contribution in [1.82, 2.24) is 5.43 Å². The summed E-state index contributed by atoms with van der Waals surface area (Å²) >= 11 is 1.57. The Morgan fingerprint density at radius 2 is 2.25 bits per heavy atom. The van der Waals surface area contributed by atoms with Crippen LogP contribution < -0.4 is 5.43 Å². The molecule has 0 fully saturated rings. The molecule has 16 heavy (non-hydrogen) atoms. The van der Waals surface area contributed by atoms with E-state index in [1.54, 1.807) is 38.3 Å². The average Bonchev–Trinajstić information content (AvgIpc) is 2.48. The molecule has 1 rings (SSSR count). The Balaban J connectivity index is 2.44. The van der Waals surface area contributed by atoms with Crippen molar-refractivity contribution in [3.8, 4) is 0 Å². The van der Waals surface area contributed by atoms with Crippen molar-refractivity contribution in [3.05, 3.63) is 21.9 Å². The SMILES string of the molecule is Cc1ccsc1/C=N/NC(=O)OC(C)(C)C. The van der Waals surface area contributed by atoms with Gasteiger partial charge in [-0.25, -0.2) is 10.2 Å². The Morgan fingerprint density at radius 3 is 2.75 bits per heavy atom. The number of thiophene rings is 1.